The number of nitrogens with zero attached hydrogens (tertiary/aromatic N) is 1. The summed E-state index contributed by atoms with van der Waals surface area (Å²) in [5.74, 6) is 0. The number of hydrogen-bond acceptors (Lipinski definition) is 1. The minimum Gasteiger partial charge on any atom is -0.347 e. The molecule has 1 aromatic heterocycles. The van der Waals surface area contributed by atoms with Gasteiger partial charge in [0.2, 0.25) is 0 Å². The van der Waals surface area contributed by atoms with Crippen LogP contribution in [0.3, 0.4) is 0 Å². The highest BCUT2D eigenvalue weighted by atomic mass is 16.2. The third kappa shape index (κ3) is 3.28. The van der Waals surface area contributed by atoms with Gasteiger partial charge in [-0.2, -0.15) is 0 Å². The van der Waals surface area contributed by atoms with Gasteiger partial charge in [0.1, 0.15) is 0 Å². The van der Waals surface area contributed by atoms with Gasteiger partial charge in [-0.3, -0.25) is 0 Å². The number of aromatic nitrogens is 1. The zero-order valence-electron chi connectivity index (χ0n) is 11.3. The average molecular weight is 249 g/mol. The number of hydrogen-bond donors (Lipinski definition) is 2. The number of carbonyl (C=O) groups excluding carboxylic acids is 1. The first kappa shape index (κ1) is 13.0. The lowest BCUT2D eigenvalue weighted by Crippen LogP contribution is -2.42. The molecule has 1 aliphatic rings. The van der Waals surface area contributed by atoms with Crippen molar-refractivity contribution in [1.82, 2.24) is 15.2 Å². The van der Waals surface area contributed by atoms with Gasteiger partial charge < -0.3 is 15.2 Å². The van der Waals surface area contributed by atoms with E-state index in [9.17, 15) is 4.79 Å². The fourth-order valence-corrected chi connectivity index (χ4v) is 2.64. The van der Waals surface area contributed by atoms with Crippen LogP contribution in [-0.4, -0.2) is 23.2 Å². The van der Waals surface area contributed by atoms with Crippen molar-refractivity contribution in [2.24, 2.45) is 0 Å². The van der Waals surface area contributed by atoms with E-state index < -0.39 is 0 Å². The molecule has 0 spiro atoms. The van der Waals surface area contributed by atoms with Crippen molar-refractivity contribution in [2.45, 2.75) is 52.1 Å². The van der Waals surface area contributed by atoms with E-state index in [1.54, 1.807) is 0 Å². The van der Waals surface area contributed by atoms with Gasteiger partial charge in [0.15, 0.2) is 0 Å². The molecular weight excluding hydrogens is 226 g/mol. The van der Waals surface area contributed by atoms with Crippen LogP contribution in [0.25, 0.3) is 0 Å². The molecule has 1 saturated carbocycles. The minimum absolute atomic E-state index is 0.0237. The van der Waals surface area contributed by atoms with E-state index in [1.165, 1.54) is 24.2 Å². The van der Waals surface area contributed by atoms with Gasteiger partial charge in [-0.1, -0.05) is 12.8 Å². The molecule has 1 fully saturated rings. The largest absolute Gasteiger partial charge is 0.347 e. The summed E-state index contributed by atoms with van der Waals surface area (Å²) in [6.07, 6.45) is 4.74. The van der Waals surface area contributed by atoms with E-state index in [4.69, 9.17) is 0 Å². The zero-order valence-corrected chi connectivity index (χ0v) is 11.3. The highest BCUT2D eigenvalue weighted by Crippen LogP contribution is 2.17. The fraction of sp³-hybridized carbons (Fsp3) is 0.643. The maximum Gasteiger partial charge on any atom is 0.315 e. The number of carbonyl (C=O) groups is 1. The molecule has 0 aromatic carbocycles. The Bertz CT molecular complexity index is 386. The van der Waals surface area contributed by atoms with Crippen molar-refractivity contribution >= 4 is 6.03 Å². The van der Waals surface area contributed by atoms with Crippen molar-refractivity contribution in [1.29, 1.82) is 0 Å². The second-order valence-electron chi connectivity index (χ2n) is 5.15. The first-order chi connectivity index (χ1) is 8.66. The Labute approximate surface area is 109 Å². The van der Waals surface area contributed by atoms with Gasteiger partial charge in [0, 0.05) is 30.5 Å². The summed E-state index contributed by atoms with van der Waals surface area (Å²) in [6.45, 7) is 5.69. The molecule has 2 N–H and O–H groups in total. The molecule has 0 unspecified atom stereocenters. The third-order valence-corrected chi connectivity index (χ3v) is 3.73. The lowest BCUT2D eigenvalue weighted by molar-refractivity contribution is 0.236. The highest BCUT2D eigenvalue weighted by Gasteiger charge is 2.16. The van der Waals surface area contributed by atoms with Crippen LogP contribution in [0.5, 0.6) is 0 Å². The summed E-state index contributed by atoms with van der Waals surface area (Å²) < 4.78 is 2.22. The molecule has 0 bridgehead atoms. The Kier molecular flexibility index (Phi) is 4.28. The standard InChI is InChI=1S/C14H23N3O/c1-11-7-8-12(2)17(11)10-9-15-14(18)16-13-5-3-4-6-13/h7-8,13H,3-6,9-10H2,1-2H3,(H2,15,16,18). The summed E-state index contributed by atoms with van der Waals surface area (Å²) in [5.41, 5.74) is 2.48. The highest BCUT2D eigenvalue weighted by molar-refractivity contribution is 5.74. The van der Waals surface area contributed by atoms with Gasteiger partial charge in [-0.05, 0) is 38.8 Å². The van der Waals surface area contributed by atoms with E-state index in [-0.39, 0.29) is 6.03 Å². The predicted molar refractivity (Wildman–Crippen MR) is 72.7 cm³/mol. The summed E-state index contributed by atoms with van der Waals surface area (Å²) in [4.78, 5) is 11.7. The third-order valence-electron chi connectivity index (χ3n) is 3.73. The molecule has 0 saturated heterocycles. The number of urea groups is 1. The molecule has 0 radical (unpaired) electrons. The molecule has 1 aromatic rings. The second kappa shape index (κ2) is 5.94. The number of aryl methyl sites for hydroxylation is 2. The van der Waals surface area contributed by atoms with Gasteiger partial charge in [0.25, 0.3) is 0 Å². The van der Waals surface area contributed by atoms with Gasteiger partial charge in [-0.15, -0.1) is 0 Å². The van der Waals surface area contributed by atoms with Crippen LogP contribution < -0.4 is 10.6 Å². The molecule has 18 heavy (non-hydrogen) atoms. The maximum atomic E-state index is 11.7. The smallest absolute Gasteiger partial charge is 0.315 e. The molecule has 0 aliphatic heterocycles. The number of amides is 2. The minimum atomic E-state index is -0.0237. The van der Waals surface area contributed by atoms with Crippen LogP contribution in [0.15, 0.2) is 12.1 Å². The van der Waals surface area contributed by atoms with Crippen LogP contribution in [0.2, 0.25) is 0 Å². The Morgan fingerprint density at radius 2 is 1.89 bits per heavy atom. The van der Waals surface area contributed by atoms with Crippen LogP contribution in [0.4, 0.5) is 4.79 Å². The van der Waals surface area contributed by atoms with Gasteiger partial charge in [-0.25, -0.2) is 4.79 Å². The quantitative estimate of drug-likeness (QED) is 0.845. The van der Waals surface area contributed by atoms with Crippen molar-refractivity contribution in [3.05, 3.63) is 23.5 Å². The van der Waals surface area contributed by atoms with E-state index >= 15 is 0 Å². The van der Waals surface area contributed by atoms with E-state index in [0.29, 0.717) is 12.6 Å². The number of nitrogens with one attached hydrogen (secondary N) is 2. The molecule has 100 valence electrons. The molecule has 4 heteroatoms. The molecule has 2 rings (SSSR count). The molecule has 2 amide bonds. The van der Waals surface area contributed by atoms with Gasteiger partial charge >= 0.3 is 6.03 Å². The second-order valence-corrected chi connectivity index (χ2v) is 5.15. The maximum absolute atomic E-state index is 11.7. The van der Waals surface area contributed by atoms with Crippen molar-refractivity contribution < 1.29 is 4.79 Å². The summed E-state index contributed by atoms with van der Waals surface area (Å²) in [7, 11) is 0. The molecule has 1 aliphatic carbocycles. The fourth-order valence-electron chi connectivity index (χ4n) is 2.64. The first-order valence-corrected chi connectivity index (χ1v) is 6.84. The molecular formula is C14H23N3O. The molecule has 0 atom stereocenters. The van der Waals surface area contributed by atoms with E-state index in [2.05, 4.69) is 41.2 Å². The average Bonchev–Trinajstić information content (AvgIpc) is 2.93. The SMILES string of the molecule is Cc1ccc(C)n1CCNC(=O)NC1CCCC1. The molecule has 1 heterocycles. The van der Waals surface area contributed by atoms with Crippen LogP contribution >= 0.6 is 0 Å². The van der Waals surface area contributed by atoms with Crippen molar-refractivity contribution in [3.8, 4) is 0 Å². The van der Waals surface area contributed by atoms with E-state index in [1.807, 2.05) is 0 Å². The predicted octanol–water partition coefficient (Wildman–Crippen LogP) is 2.35. The summed E-state index contributed by atoms with van der Waals surface area (Å²) in [5, 5.41) is 5.96. The van der Waals surface area contributed by atoms with Crippen molar-refractivity contribution in [3.63, 3.8) is 0 Å². The Hall–Kier alpha value is -1.45. The Balaban J connectivity index is 1.70. The van der Waals surface area contributed by atoms with E-state index in [0.717, 1.165) is 19.4 Å². The lowest BCUT2D eigenvalue weighted by Gasteiger charge is -2.14. The van der Waals surface area contributed by atoms with Gasteiger partial charge in [0.05, 0.1) is 0 Å². The van der Waals surface area contributed by atoms with Crippen molar-refractivity contribution in [2.75, 3.05) is 6.54 Å². The molecule has 4 nitrogen and oxygen atoms in total. The first-order valence-electron chi connectivity index (χ1n) is 6.84. The lowest BCUT2D eigenvalue weighted by atomic mass is 10.2. The zero-order chi connectivity index (χ0) is 13.0. The topological polar surface area (TPSA) is 46.1 Å². The normalized spacial score (nSPS) is 15.9. The number of rotatable bonds is 4. The Morgan fingerprint density at radius 1 is 1.28 bits per heavy atom. The van der Waals surface area contributed by atoms with Crippen LogP contribution in [0.1, 0.15) is 37.1 Å². The monoisotopic (exact) mass is 249 g/mol. The Morgan fingerprint density at radius 3 is 2.50 bits per heavy atom. The summed E-state index contributed by atoms with van der Waals surface area (Å²) >= 11 is 0. The van der Waals surface area contributed by atoms with Crippen LogP contribution in [0, 0.1) is 13.8 Å². The van der Waals surface area contributed by atoms with Crippen LogP contribution in [-0.2, 0) is 6.54 Å². The summed E-state index contributed by atoms with van der Waals surface area (Å²) in [6, 6.07) is 4.58.